The highest BCUT2D eigenvalue weighted by molar-refractivity contribution is 5.89. The standard InChI is InChI=1S/C27H20N8O5/c36-24(37)18-6-4-5-17(15-18)23-14-13-22(40-23)16-28-34-27-32-25(29-19-7-2-1-3-8-19)31-26(33-27)30-20-9-11-21(12-10-20)35(38)39/h1-16H,(H,36,37)(H3,29,30,31,32,33,34). The van der Waals surface area contributed by atoms with Gasteiger partial charge >= 0.3 is 5.97 Å². The second-order valence-corrected chi connectivity index (χ2v) is 8.18. The zero-order valence-corrected chi connectivity index (χ0v) is 20.6. The summed E-state index contributed by atoms with van der Waals surface area (Å²) < 4.78 is 5.77. The lowest BCUT2D eigenvalue weighted by molar-refractivity contribution is -0.384. The fraction of sp³-hybridized carbons (Fsp3) is 0. The van der Waals surface area contributed by atoms with E-state index in [2.05, 4.69) is 36.1 Å². The summed E-state index contributed by atoms with van der Waals surface area (Å²) >= 11 is 0. The number of aromatic carboxylic acids is 1. The second-order valence-electron chi connectivity index (χ2n) is 8.18. The van der Waals surface area contributed by atoms with Crippen LogP contribution in [0.15, 0.2) is 101 Å². The van der Waals surface area contributed by atoms with E-state index in [-0.39, 0.29) is 29.1 Å². The summed E-state index contributed by atoms with van der Waals surface area (Å²) in [5.41, 5.74) is 4.75. The molecule has 0 saturated carbocycles. The fourth-order valence-electron chi connectivity index (χ4n) is 3.52. The Morgan fingerprint density at radius 1 is 0.850 bits per heavy atom. The smallest absolute Gasteiger partial charge is 0.335 e. The van der Waals surface area contributed by atoms with E-state index >= 15 is 0 Å². The van der Waals surface area contributed by atoms with Gasteiger partial charge in [0.25, 0.3) is 5.69 Å². The van der Waals surface area contributed by atoms with Gasteiger partial charge in [-0.15, -0.1) is 0 Å². The molecule has 5 aromatic rings. The Morgan fingerprint density at radius 3 is 2.20 bits per heavy atom. The van der Waals surface area contributed by atoms with Crippen LogP contribution in [-0.4, -0.2) is 37.2 Å². The summed E-state index contributed by atoms with van der Waals surface area (Å²) in [4.78, 5) is 34.7. The largest absolute Gasteiger partial charge is 0.478 e. The van der Waals surface area contributed by atoms with Crippen molar-refractivity contribution in [1.82, 2.24) is 15.0 Å². The van der Waals surface area contributed by atoms with Crippen molar-refractivity contribution in [3.05, 3.63) is 112 Å². The first kappa shape index (κ1) is 25.5. The monoisotopic (exact) mass is 536 g/mol. The normalized spacial score (nSPS) is 10.8. The van der Waals surface area contributed by atoms with Gasteiger partial charge in [-0.1, -0.05) is 30.3 Å². The molecule has 0 atom stereocenters. The molecule has 0 amide bonds. The zero-order chi connectivity index (χ0) is 27.9. The lowest BCUT2D eigenvalue weighted by atomic mass is 10.1. The SMILES string of the molecule is O=C(O)c1cccc(-c2ccc(C=NNc3nc(Nc4ccccc4)nc(Nc4ccc([N+](=O)[O-])cc4)n3)o2)c1. The number of hydrogen-bond donors (Lipinski definition) is 4. The van der Waals surface area contributed by atoms with E-state index in [1.807, 2.05) is 30.3 Å². The third-order valence-electron chi connectivity index (χ3n) is 5.38. The highest BCUT2D eigenvalue weighted by Gasteiger charge is 2.10. The second kappa shape index (κ2) is 11.5. The summed E-state index contributed by atoms with van der Waals surface area (Å²) in [5.74, 6) is 0.355. The van der Waals surface area contributed by atoms with Gasteiger partial charge in [-0.3, -0.25) is 10.1 Å². The average Bonchev–Trinajstić information content (AvgIpc) is 3.43. The van der Waals surface area contributed by atoms with Crippen LogP contribution in [-0.2, 0) is 0 Å². The molecule has 0 unspecified atom stereocenters. The molecule has 13 nitrogen and oxygen atoms in total. The van der Waals surface area contributed by atoms with Crippen molar-refractivity contribution in [3.63, 3.8) is 0 Å². The molecule has 2 heterocycles. The Hall–Kier alpha value is -6.11. The lowest BCUT2D eigenvalue weighted by Crippen LogP contribution is -2.07. The predicted octanol–water partition coefficient (Wildman–Crippen LogP) is 5.67. The van der Waals surface area contributed by atoms with E-state index in [0.717, 1.165) is 5.69 Å². The molecular weight excluding hydrogens is 516 g/mol. The van der Waals surface area contributed by atoms with Gasteiger partial charge in [0.1, 0.15) is 11.5 Å². The molecule has 2 aromatic heterocycles. The van der Waals surface area contributed by atoms with Gasteiger partial charge in [-0.2, -0.15) is 20.1 Å². The number of para-hydroxylation sites is 1. The van der Waals surface area contributed by atoms with Crippen molar-refractivity contribution < 1.29 is 19.2 Å². The number of rotatable bonds is 10. The van der Waals surface area contributed by atoms with Crippen molar-refractivity contribution in [2.75, 3.05) is 16.1 Å². The fourth-order valence-corrected chi connectivity index (χ4v) is 3.52. The highest BCUT2D eigenvalue weighted by atomic mass is 16.6. The lowest BCUT2D eigenvalue weighted by Gasteiger charge is -2.10. The van der Waals surface area contributed by atoms with Crippen LogP contribution < -0.4 is 16.1 Å². The minimum Gasteiger partial charge on any atom is -0.478 e. The van der Waals surface area contributed by atoms with Crippen LogP contribution in [0.3, 0.4) is 0 Å². The maximum atomic E-state index is 11.2. The third kappa shape index (κ3) is 6.41. The summed E-state index contributed by atoms with van der Waals surface area (Å²) in [6.45, 7) is 0. The van der Waals surface area contributed by atoms with Crippen molar-refractivity contribution >= 4 is 47.1 Å². The predicted molar refractivity (Wildman–Crippen MR) is 148 cm³/mol. The van der Waals surface area contributed by atoms with Gasteiger partial charge in [-0.25, -0.2) is 10.2 Å². The number of nitro benzene ring substituents is 1. The first-order valence-corrected chi connectivity index (χ1v) is 11.8. The van der Waals surface area contributed by atoms with E-state index in [9.17, 15) is 20.0 Å². The average molecular weight is 537 g/mol. The summed E-state index contributed by atoms with van der Waals surface area (Å²) in [5, 5.41) is 30.4. The Kier molecular flexibility index (Phi) is 7.35. The maximum absolute atomic E-state index is 11.2. The van der Waals surface area contributed by atoms with Crippen LogP contribution in [0.4, 0.5) is 34.9 Å². The van der Waals surface area contributed by atoms with Gasteiger partial charge in [0.15, 0.2) is 0 Å². The first-order chi connectivity index (χ1) is 19.4. The molecule has 5 rings (SSSR count). The van der Waals surface area contributed by atoms with Gasteiger partial charge in [0.05, 0.1) is 16.7 Å². The molecule has 0 spiro atoms. The van der Waals surface area contributed by atoms with Crippen molar-refractivity contribution in [1.29, 1.82) is 0 Å². The van der Waals surface area contributed by atoms with E-state index in [0.29, 0.717) is 22.8 Å². The maximum Gasteiger partial charge on any atom is 0.335 e. The van der Waals surface area contributed by atoms with Crippen LogP contribution >= 0.6 is 0 Å². The van der Waals surface area contributed by atoms with Crippen LogP contribution in [0.25, 0.3) is 11.3 Å². The van der Waals surface area contributed by atoms with Gasteiger partial charge in [0.2, 0.25) is 17.8 Å². The Balaban J connectivity index is 1.34. The number of carboxylic acid groups (broad SMARTS) is 1. The molecular formula is C27H20N8O5. The number of hydrogen-bond acceptors (Lipinski definition) is 11. The number of furan rings is 1. The molecule has 0 radical (unpaired) electrons. The quantitative estimate of drug-likeness (QED) is 0.0980. The number of benzene rings is 3. The Bertz CT molecular complexity index is 1690. The molecule has 40 heavy (non-hydrogen) atoms. The van der Waals surface area contributed by atoms with Crippen molar-refractivity contribution in [2.24, 2.45) is 5.10 Å². The molecule has 0 saturated heterocycles. The van der Waals surface area contributed by atoms with Crippen molar-refractivity contribution in [2.45, 2.75) is 0 Å². The molecule has 4 N–H and O–H groups in total. The van der Waals surface area contributed by atoms with Gasteiger partial charge in [-0.05, 0) is 48.5 Å². The summed E-state index contributed by atoms with van der Waals surface area (Å²) in [7, 11) is 0. The van der Waals surface area contributed by atoms with Gasteiger partial charge in [0, 0.05) is 29.1 Å². The highest BCUT2D eigenvalue weighted by Crippen LogP contribution is 2.23. The van der Waals surface area contributed by atoms with Crippen LogP contribution in [0.5, 0.6) is 0 Å². The topological polar surface area (TPSA) is 181 Å². The molecule has 0 aliphatic carbocycles. The molecule has 3 aromatic carbocycles. The zero-order valence-electron chi connectivity index (χ0n) is 20.6. The van der Waals surface area contributed by atoms with Gasteiger partial charge < -0.3 is 20.2 Å². The molecule has 198 valence electrons. The number of carbonyl (C=O) groups is 1. The summed E-state index contributed by atoms with van der Waals surface area (Å²) in [6, 6.07) is 24.9. The Labute approximate surface area is 226 Å². The van der Waals surface area contributed by atoms with Crippen LogP contribution in [0.2, 0.25) is 0 Å². The molecule has 0 aliphatic heterocycles. The first-order valence-electron chi connectivity index (χ1n) is 11.8. The number of hydrazone groups is 1. The van der Waals surface area contributed by atoms with Crippen molar-refractivity contribution in [3.8, 4) is 11.3 Å². The number of nitro groups is 1. The van der Waals surface area contributed by atoms with E-state index in [4.69, 9.17) is 4.42 Å². The molecule has 0 bridgehead atoms. The number of nitrogens with one attached hydrogen (secondary N) is 3. The number of non-ortho nitro benzene ring substituents is 1. The number of aromatic nitrogens is 3. The molecule has 0 aliphatic rings. The molecule has 0 fully saturated rings. The summed E-state index contributed by atoms with van der Waals surface area (Å²) in [6.07, 6.45) is 1.42. The van der Waals surface area contributed by atoms with E-state index < -0.39 is 10.9 Å². The third-order valence-corrected chi connectivity index (χ3v) is 5.38. The minimum atomic E-state index is -1.03. The molecule has 13 heteroatoms. The van der Waals surface area contributed by atoms with Crippen LogP contribution in [0.1, 0.15) is 16.1 Å². The number of nitrogens with zero attached hydrogens (tertiary/aromatic N) is 5. The van der Waals surface area contributed by atoms with E-state index in [1.165, 1.54) is 42.6 Å². The number of carboxylic acids is 1. The Morgan fingerprint density at radius 2 is 1.52 bits per heavy atom. The minimum absolute atomic E-state index is 0.0417. The number of anilines is 5. The van der Waals surface area contributed by atoms with E-state index in [1.54, 1.807) is 24.3 Å². The van der Waals surface area contributed by atoms with Crippen LogP contribution in [0, 0.1) is 10.1 Å².